The van der Waals surface area contributed by atoms with E-state index in [0.29, 0.717) is 17.3 Å². The van der Waals surface area contributed by atoms with Gasteiger partial charge in [-0.05, 0) is 31.4 Å². The minimum atomic E-state index is 0.0493. The number of hydrogen-bond acceptors (Lipinski definition) is 3. The number of benzene rings is 1. The van der Waals surface area contributed by atoms with E-state index in [1.807, 2.05) is 6.07 Å². The van der Waals surface area contributed by atoms with Crippen molar-refractivity contribution in [3.05, 3.63) is 28.8 Å². The summed E-state index contributed by atoms with van der Waals surface area (Å²) in [6.45, 7) is 0.449. The lowest BCUT2D eigenvalue weighted by molar-refractivity contribution is -0.125. The van der Waals surface area contributed by atoms with E-state index in [-0.39, 0.29) is 17.9 Å². The first-order valence-corrected chi connectivity index (χ1v) is 6.83. The summed E-state index contributed by atoms with van der Waals surface area (Å²) < 4.78 is 5.25. The first-order valence-electron chi connectivity index (χ1n) is 6.46. The molecule has 0 heterocycles. The average Bonchev–Trinajstić information content (AvgIpc) is 2.83. The van der Waals surface area contributed by atoms with Crippen molar-refractivity contribution in [2.24, 2.45) is 11.7 Å². The highest BCUT2D eigenvalue weighted by Crippen LogP contribution is 2.25. The van der Waals surface area contributed by atoms with E-state index < -0.39 is 0 Å². The highest BCUT2D eigenvalue weighted by atomic mass is 35.5. The van der Waals surface area contributed by atoms with E-state index in [1.54, 1.807) is 19.2 Å². The molecule has 2 rings (SSSR count). The number of nitrogens with two attached hydrogens (primary N) is 1. The SMILES string of the molecule is COc1cc(Cl)ccc1CNC(=O)C1CCC(N)C1. The average molecular weight is 283 g/mol. The Labute approximate surface area is 118 Å². The fourth-order valence-electron chi connectivity index (χ4n) is 2.45. The molecule has 19 heavy (non-hydrogen) atoms. The van der Waals surface area contributed by atoms with Gasteiger partial charge in [0.25, 0.3) is 0 Å². The van der Waals surface area contributed by atoms with Gasteiger partial charge < -0.3 is 15.8 Å². The smallest absolute Gasteiger partial charge is 0.223 e. The molecule has 1 aliphatic carbocycles. The van der Waals surface area contributed by atoms with E-state index in [4.69, 9.17) is 22.1 Å². The van der Waals surface area contributed by atoms with Gasteiger partial charge in [0, 0.05) is 29.1 Å². The molecule has 0 aliphatic heterocycles. The quantitative estimate of drug-likeness (QED) is 0.889. The lowest BCUT2D eigenvalue weighted by Gasteiger charge is -2.13. The van der Waals surface area contributed by atoms with Crippen LogP contribution in [0.1, 0.15) is 24.8 Å². The molecule has 0 spiro atoms. The molecule has 1 saturated carbocycles. The van der Waals surface area contributed by atoms with Crippen LogP contribution in [-0.2, 0) is 11.3 Å². The molecule has 0 saturated heterocycles. The molecule has 1 aliphatic rings. The Morgan fingerprint density at radius 3 is 2.95 bits per heavy atom. The number of hydrogen-bond donors (Lipinski definition) is 2. The molecule has 4 nitrogen and oxygen atoms in total. The fourth-order valence-corrected chi connectivity index (χ4v) is 2.61. The number of ether oxygens (including phenoxy) is 1. The maximum atomic E-state index is 12.0. The van der Waals surface area contributed by atoms with Crippen molar-refractivity contribution in [1.82, 2.24) is 5.32 Å². The second-order valence-corrected chi connectivity index (χ2v) is 5.38. The number of rotatable bonds is 4. The number of methoxy groups -OCH3 is 1. The Bertz CT molecular complexity index is 465. The first-order chi connectivity index (χ1) is 9.10. The van der Waals surface area contributed by atoms with Gasteiger partial charge in [-0.1, -0.05) is 17.7 Å². The van der Waals surface area contributed by atoms with Crippen LogP contribution in [0.15, 0.2) is 18.2 Å². The van der Waals surface area contributed by atoms with Crippen LogP contribution in [0.5, 0.6) is 5.75 Å². The molecule has 2 unspecified atom stereocenters. The van der Waals surface area contributed by atoms with Gasteiger partial charge in [-0.2, -0.15) is 0 Å². The van der Waals surface area contributed by atoms with Crippen molar-refractivity contribution in [3.63, 3.8) is 0 Å². The van der Waals surface area contributed by atoms with Gasteiger partial charge in [-0.3, -0.25) is 4.79 Å². The highest BCUT2D eigenvalue weighted by Gasteiger charge is 2.27. The Kier molecular flexibility index (Phi) is 4.66. The van der Waals surface area contributed by atoms with Crippen LogP contribution < -0.4 is 15.8 Å². The molecule has 3 N–H and O–H groups in total. The predicted octanol–water partition coefficient (Wildman–Crippen LogP) is 2.09. The normalized spacial score (nSPS) is 22.3. The second kappa shape index (κ2) is 6.26. The third kappa shape index (κ3) is 3.61. The van der Waals surface area contributed by atoms with E-state index in [9.17, 15) is 4.79 Å². The highest BCUT2D eigenvalue weighted by molar-refractivity contribution is 6.30. The number of carbonyl (C=O) groups is 1. The zero-order valence-corrected chi connectivity index (χ0v) is 11.7. The summed E-state index contributed by atoms with van der Waals surface area (Å²) in [5.74, 6) is 0.814. The first kappa shape index (κ1) is 14.2. The van der Waals surface area contributed by atoms with Crippen molar-refractivity contribution in [1.29, 1.82) is 0 Å². The van der Waals surface area contributed by atoms with Crippen LogP contribution in [-0.4, -0.2) is 19.1 Å². The summed E-state index contributed by atoms with van der Waals surface area (Å²) in [7, 11) is 1.59. The lowest BCUT2D eigenvalue weighted by atomic mass is 10.1. The molecular formula is C14H19ClN2O2. The van der Waals surface area contributed by atoms with Crippen LogP contribution in [0.2, 0.25) is 5.02 Å². The third-order valence-electron chi connectivity index (χ3n) is 3.55. The van der Waals surface area contributed by atoms with Gasteiger partial charge in [-0.25, -0.2) is 0 Å². The monoisotopic (exact) mass is 282 g/mol. The maximum absolute atomic E-state index is 12.0. The largest absolute Gasteiger partial charge is 0.496 e. The van der Waals surface area contributed by atoms with E-state index >= 15 is 0 Å². The zero-order valence-electron chi connectivity index (χ0n) is 11.0. The number of amides is 1. The predicted molar refractivity (Wildman–Crippen MR) is 75.2 cm³/mol. The Hall–Kier alpha value is -1.26. The summed E-state index contributed by atoms with van der Waals surface area (Å²) in [6, 6.07) is 5.56. The molecule has 1 fully saturated rings. The molecule has 2 atom stereocenters. The maximum Gasteiger partial charge on any atom is 0.223 e. The van der Waals surface area contributed by atoms with E-state index in [2.05, 4.69) is 5.32 Å². The topological polar surface area (TPSA) is 64.3 Å². The van der Waals surface area contributed by atoms with Crippen LogP contribution in [0.3, 0.4) is 0 Å². The standard InChI is InChI=1S/C14H19ClN2O2/c1-19-13-7-11(15)4-2-10(13)8-17-14(18)9-3-5-12(16)6-9/h2,4,7,9,12H,3,5-6,8,16H2,1H3,(H,17,18). The molecule has 0 radical (unpaired) electrons. The van der Waals surface area contributed by atoms with Crippen molar-refractivity contribution in [2.45, 2.75) is 31.8 Å². The van der Waals surface area contributed by atoms with Crippen LogP contribution >= 0.6 is 11.6 Å². The zero-order chi connectivity index (χ0) is 13.8. The Balaban J connectivity index is 1.93. The van der Waals surface area contributed by atoms with E-state index in [1.165, 1.54) is 0 Å². The lowest BCUT2D eigenvalue weighted by Crippen LogP contribution is -2.30. The van der Waals surface area contributed by atoms with Crippen molar-refractivity contribution >= 4 is 17.5 Å². The summed E-state index contributed by atoms with van der Waals surface area (Å²) in [4.78, 5) is 12.0. The van der Waals surface area contributed by atoms with Gasteiger partial charge in [0.05, 0.1) is 7.11 Å². The van der Waals surface area contributed by atoms with Gasteiger partial charge in [0.15, 0.2) is 0 Å². The molecule has 104 valence electrons. The minimum Gasteiger partial charge on any atom is -0.496 e. The summed E-state index contributed by atoms with van der Waals surface area (Å²) >= 11 is 5.90. The molecule has 1 aromatic rings. The van der Waals surface area contributed by atoms with Crippen LogP contribution in [0.4, 0.5) is 0 Å². The fraction of sp³-hybridized carbons (Fsp3) is 0.500. The minimum absolute atomic E-state index is 0.0493. The Morgan fingerprint density at radius 2 is 2.32 bits per heavy atom. The molecule has 0 bridgehead atoms. The van der Waals surface area contributed by atoms with Gasteiger partial charge in [0.1, 0.15) is 5.75 Å². The summed E-state index contributed by atoms with van der Waals surface area (Å²) in [5.41, 5.74) is 6.74. The van der Waals surface area contributed by atoms with Crippen LogP contribution in [0.25, 0.3) is 0 Å². The molecule has 0 aromatic heterocycles. The molecule has 5 heteroatoms. The van der Waals surface area contributed by atoms with Crippen molar-refractivity contribution < 1.29 is 9.53 Å². The van der Waals surface area contributed by atoms with Crippen molar-refractivity contribution in [2.75, 3.05) is 7.11 Å². The van der Waals surface area contributed by atoms with E-state index in [0.717, 1.165) is 24.8 Å². The number of nitrogens with one attached hydrogen (secondary N) is 1. The number of carbonyl (C=O) groups excluding carboxylic acids is 1. The third-order valence-corrected chi connectivity index (χ3v) is 3.78. The van der Waals surface area contributed by atoms with Gasteiger partial charge in [-0.15, -0.1) is 0 Å². The van der Waals surface area contributed by atoms with Crippen molar-refractivity contribution in [3.8, 4) is 5.75 Å². The van der Waals surface area contributed by atoms with Gasteiger partial charge in [0.2, 0.25) is 5.91 Å². The number of halogens is 1. The Morgan fingerprint density at radius 1 is 1.53 bits per heavy atom. The summed E-state index contributed by atoms with van der Waals surface area (Å²) in [5, 5.41) is 3.56. The second-order valence-electron chi connectivity index (χ2n) is 4.94. The van der Waals surface area contributed by atoms with Gasteiger partial charge >= 0.3 is 0 Å². The molecule has 1 amide bonds. The summed E-state index contributed by atoms with van der Waals surface area (Å²) in [6.07, 6.45) is 2.59. The molecular weight excluding hydrogens is 264 g/mol. The molecule has 1 aromatic carbocycles. The van der Waals surface area contributed by atoms with Crippen LogP contribution in [0, 0.1) is 5.92 Å².